The third kappa shape index (κ3) is 4.19. The van der Waals surface area contributed by atoms with Crippen molar-refractivity contribution in [3.63, 3.8) is 0 Å². The number of hydrogen-bond acceptors (Lipinski definition) is 7. The van der Waals surface area contributed by atoms with Crippen molar-refractivity contribution in [2.24, 2.45) is 0 Å². The molecule has 1 atom stereocenters. The largest absolute Gasteiger partial charge is 0.379 e. The topological polar surface area (TPSA) is 91.9 Å². The first kappa shape index (κ1) is 19.8. The molecule has 4 aromatic rings. The van der Waals surface area contributed by atoms with Gasteiger partial charge in [-0.1, -0.05) is 0 Å². The number of pyridine rings is 1. The average molecular weight is 421 g/mol. The Kier molecular flexibility index (Phi) is 5.44. The Balaban J connectivity index is 1.45. The summed E-state index contributed by atoms with van der Waals surface area (Å²) < 4.78 is 19.4. The average Bonchev–Trinajstić information content (AvgIpc) is 3.27. The molecule has 0 unspecified atom stereocenters. The van der Waals surface area contributed by atoms with Crippen LogP contribution in [0, 0.1) is 5.82 Å². The van der Waals surface area contributed by atoms with E-state index in [9.17, 15) is 4.39 Å². The minimum atomic E-state index is -0.251. The predicted molar refractivity (Wildman–Crippen MR) is 116 cm³/mol. The van der Waals surface area contributed by atoms with Crippen LogP contribution in [0.2, 0.25) is 0 Å². The molecule has 4 heterocycles. The van der Waals surface area contributed by atoms with Gasteiger partial charge in [0.25, 0.3) is 0 Å². The lowest BCUT2D eigenvalue weighted by atomic mass is 10.0. The smallest absolute Gasteiger partial charge is 0.162 e. The van der Waals surface area contributed by atoms with Crippen LogP contribution >= 0.6 is 0 Å². The number of nitrogens with one attached hydrogen (secondary N) is 2. The molecule has 1 aliphatic rings. The minimum Gasteiger partial charge on any atom is -0.379 e. The van der Waals surface area contributed by atoms with E-state index in [4.69, 9.17) is 9.72 Å². The molecule has 1 aliphatic heterocycles. The summed E-state index contributed by atoms with van der Waals surface area (Å²) in [5.41, 5.74) is 3.15. The fraction of sp³-hybridized carbons (Fsp3) is 0.364. The quantitative estimate of drug-likeness (QED) is 0.494. The van der Waals surface area contributed by atoms with E-state index in [0.29, 0.717) is 17.0 Å². The second-order valence-corrected chi connectivity index (χ2v) is 7.75. The monoisotopic (exact) mass is 421 g/mol. The number of morpholine rings is 1. The summed E-state index contributed by atoms with van der Waals surface area (Å²) in [5, 5.41) is 5.22. The summed E-state index contributed by atoms with van der Waals surface area (Å²) in [6, 6.07) is 6.69. The van der Waals surface area contributed by atoms with Gasteiger partial charge in [-0.25, -0.2) is 19.3 Å². The first-order valence-corrected chi connectivity index (χ1v) is 10.5. The highest BCUT2D eigenvalue weighted by atomic mass is 19.1. The predicted octanol–water partition coefficient (Wildman–Crippen LogP) is 3.09. The summed E-state index contributed by atoms with van der Waals surface area (Å²) >= 11 is 0. The second kappa shape index (κ2) is 8.52. The van der Waals surface area contributed by atoms with E-state index in [1.54, 1.807) is 12.4 Å². The van der Waals surface area contributed by atoms with Gasteiger partial charge in [-0.15, -0.1) is 0 Å². The molecule has 0 amide bonds. The van der Waals surface area contributed by atoms with E-state index in [2.05, 4.69) is 30.2 Å². The fourth-order valence-corrected chi connectivity index (χ4v) is 3.97. The molecule has 5 rings (SSSR count). The number of benzene rings is 1. The summed E-state index contributed by atoms with van der Waals surface area (Å²) in [5.74, 6) is 0.383. The molecule has 8 nitrogen and oxygen atoms in total. The third-order valence-electron chi connectivity index (χ3n) is 5.67. The Morgan fingerprint density at radius 3 is 2.94 bits per heavy atom. The summed E-state index contributed by atoms with van der Waals surface area (Å²) in [6.45, 7) is 6.30. The molecule has 0 aliphatic carbocycles. The van der Waals surface area contributed by atoms with Gasteiger partial charge in [-0.2, -0.15) is 0 Å². The molecule has 0 bridgehead atoms. The van der Waals surface area contributed by atoms with Crippen LogP contribution in [0.15, 0.2) is 36.9 Å². The molecule has 2 N–H and O–H groups in total. The van der Waals surface area contributed by atoms with Crippen LogP contribution in [0.4, 0.5) is 10.2 Å². The van der Waals surface area contributed by atoms with Crippen LogP contribution in [0.5, 0.6) is 0 Å². The Labute approximate surface area is 178 Å². The number of H-pyrrole nitrogens is 1. The van der Waals surface area contributed by atoms with E-state index < -0.39 is 0 Å². The van der Waals surface area contributed by atoms with Gasteiger partial charge in [0.05, 0.1) is 31.3 Å². The first-order chi connectivity index (χ1) is 15.2. The molecule has 1 saturated heterocycles. The highest BCUT2D eigenvalue weighted by molar-refractivity contribution is 5.85. The van der Waals surface area contributed by atoms with Crippen molar-refractivity contribution < 1.29 is 9.13 Å². The maximum absolute atomic E-state index is 14.0. The lowest BCUT2D eigenvalue weighted by molar-refractivity contribution is 0.0384. The van der Waals surface area contributed by atoms with Crippen LogP contribution in [0.1, 0.15) is 24.4 Å². The molecule has 3 aromatic heterocycles. The number of halogens is 1. The zero-order chi connectivity index (χ0) is 21.2. The van der Waals surface area contributed by atoms with Crippen molar-refractivity contribution in [1.82, 2.24) is 29.8 Å². The number of nitrogens with zero attached hydrogens (tertiary/aromatic N) is 5. The van der Waals surface area contributed by atoms with Crippen LogP contribution in [-0.2, 0) is 11.2 Å². The van der Waals surface area contributed by atoms with Gasteiger partial charge in [0.15, 0.2) is 11.5 Å². The Morgan fingerprint density at radius 1 is 1.19 bits per heavy atom. The zero-order valence-electron chi connectivity index (χ0n) is 17.3. The van der Waals surface area contributed by atoms with E-state index in [0.717, 1.165) is 61.4 Å². The Bertz CT molecular complexity index is 1210. The Hall–Kier alpha value is -3.17. The van der Waals surface area contributed by atoms with Crippen LogP contribution in [-0.4, -0.2) is 62.7 Å². The van der Waals surface area contributed by atoms with Crippen molar-refractivity contribution in [3.05, 3.63) is 54.1 Å². The van der Waals surface area contributed by atoms with Gasteiger partial charge in [-0.05, 0) is 36.6 Å². The van der Waals surface area contributed by atoms with Gasteiger partial charge in [-0.3, -0.25) is 9.88 Å². The number of aromatic amines is 1. The molecule has 1 fully saturated rings. The molecule has 0 spiro atoms. The number of fused-ring (bicyclic) bond motifs is 2. The number of hydrogen-bond donors (Lipinski definition) is 2. The van der Waals surface area contributed by atoms with Crippen LogP contribution in [0.25, 0.3) is 21.9 Å². The van der Waals surface area contributed by atoms with Crippen molar-refractivity contribution >= 4 is 27.8 Å². The number of ether oxygens (including phenoxy) is 1. The lowest BCUT2D eigenvalue weighted by Crippen LogP contribution is -2.37. The summed E-state index contributed by atoms with van der Waals surface area (Å²) in [4.78, 5) is 23.1. The molecule has 160 valence electrons. The van der Waals surface area contributed by atoms with Crippen LogP contribution < -0.4 is 5.32 Å². The van der Waals surface area contributed by atoms with Crippen molar-refractivity contribution in [2.45, 2.75) is 19.4 Å². The van der Waals surface area contributed by atoms with Gasteiger partial charge in [0, 0.05) is 37.1 Å². The van der Waals surface area contributed by atoms with Crippen molar-refractivity contribution in [1.29, 1.82) is 0 Å². The zero-order valence-corrected chi connectivity index (χ0v) is 17.3. The maximum atomic E-state index is 14.0. The summed E-state index contributed by atoms with van der Waals surface area (Å²) in [6.07, 6.45) is 3.88. The molecular weight excluding hydrogens is 397 g/mol. The van der Waals surface area contributed by atoms with E-state index in [1.807, 2.05) is 19.1 Å². The van der Waals surface area contributed by atoms with Crippen molar-refractivity contribution in [2.75, 3.05) is 38.2 Å². The highest BCUT2D eigenvalue weighted by Gasteiger charge is 2.16. The number of imidazole rings is 1. The molecule has 31 heavy (non-hydrogen) atoms. The minimum absolute atomic E-state index is 0.149. The third-order valence-corrected chi connectivity index (χ3v) is 5.67. The number of aromatic nitrogens is 5. The van der Waals surface area contributed by atoms with Gasteiger partial charge in [0.2, 0.25) is 0 Å². The number of rotatable bonds is 6. The van der Waals surface area contributed by atoms with Gasteiger partial charge in [0.1, 0.15) is 17.7 Å². The molecule has 9 heteroatoms. The normalized spacial score (nSPS) is 16.1. The van der Waals surface area contributed by atoms with Gasteiger partial charge >= 0.3 is 0 Å². The molecule has 0 radical (unpaired) electrons. The van der Waals surface area contributed by atoms with Gasteiger partial charge < -0.3 is 15.0 Å². The fourth-order valence-electron chi connectivity index (χ4n) is 3.97. The SMILES string of the molecule is C[C@H](Nc1ncnc2[nH]cnc12)c1cc2cc(F)ccc2c(CCN2CCOCC2)n1. The van der Waals surface area contributed by atoms with E-state index >= 15 is 0 Å². The van der Waals surface area contributed by atoms with Crippen LogP contribution in [0.3, 0.4) is 0 Å². The van der Waals surface area contributed by atoms with Crippen molar-refractivity contribution in [3.8, 4) is 0 Å². The van der Waals surface area contributed by atoms with E-state index in [-0.39, 0.29) is 11.9 Å². The number of anilines is 1. The first-order valence-electron chi connectivity index (χ1n) is 10.5. The Morgan fingerprint density at radius 2 is 2.06 bits per heavy atom. The molecule has 1 aromatic carbocycles. The highest BCUT2D eigenvalue weighted by Crippen LogP contribution is 2.26. The second-order valence-electron chi connectivity index (χ2n) is 7.75. The maximum Gasteiger partial charge on any atom is 0.162 e. The summed E-state index contributed by atoms with van der Waals surface area (Å²) in [7, 11) is 0. The molecule has 0 saturated carbocycles. The standard InChI is InChI=1S/C22H24FN7O/c1-14(28-22-20-21(25-12-24-20)26-13-27-22)19-11-15-10-16(23)2-3-17(15)18(29-19)4-5-30-6-8-31-9-7-30/h2-3,10-14H,4-9H2,1H3,(H2,24,25,26,27,28)/t14-/m0/s1. The lowest BCUT2D eigenvalue weighted by Gasteiger charge is -2.26. The van der Waals surface area contributed by atoms with E-state index in [1.165, 1.54) is 12.4 Å². The molecular formula is C22H24FN7O.